The minimum Gasteiger partial charge on any atom is -0.480 e. The molecule has 1 aliphatic carbocycles. The molecule has 1 saturated heterocycles. The van der Waals surface area contributed by atoms with Gasteiger partial charge in [0.15, 0.2) is 0 Å². The van der Waals surface area contributed by atoms with E-state index in [1.54, 1.807) is 0 Å². The van der Waals surface area contributed by atoms with Crippen molar-refractivity contribution >= 4 is 35.5 Å². The van der Waals surface area contributed by atoms with E-state index in [-0.39, 0.29) is 30.0 Å². The van der Waals surface area contributed by atoms with Crippen molar-refractivity contribution in [2.45, 2.75) is 43.5 Å². The Morgan fingerprint density at radius 1 is 1.45 bits per heavy atom. The molecule has 7 nitrogen and oxygen atoms in total. The summed E-state index contributed by atoms with van der Waals surface area (Å²) in [5, 5.41) is 10.8. The third kappa shape index (κ3) is 3.30. The van der Waals surface area contributed by atoms with Crippen molar-refractivity contribution < 1.29 is 24.3 Å². The van der Waals surface area contributed by atoms with Crippen LogP contribution in [-0.4, -0.2) is 56.8 Å². The second-order valence-electron chi connectivity index (χ2n) is 4.95. The lowest BCUT2D eigenvalue weighted by Gasteiger charge is -2.16. The highest BCUT2D eigenvalue weighted by molar-refractivity contribution is 8.00. The molecule has 2 N–H and O–H groups in total. The number of thioether (sulfide) groups is 1. The number of nitrogens with zero attached hydrogens (tertiary/aromatic N) is 1. The number of imide groups is 1. The summed E-state index contributed by atoms with van der Waals surface area (Å²) in [5.41, 5.74) is 0. The van der Waals surface area contributed by atoms with Gasteiger partial charge < -0.3 is 10.4 Å². The molecule has 2 aliphatic rings. The second kappa shape index (κ2) is 5.82. The fourth-order valence-corrected chi connectivity index (χ4v) is 3.27. The number of likely N-dealkylation sites (tertiary alicyclic amines) is 1. The number of hydrogen-bond acceptors (Lipinski definition) is 5. The Morgan fingerprint density at radius 2 is 2.10 bits per heavy atom. The van der Waals surface area contributed by atoms with Crippen molar-refractivity contribution in [1.82, 2.24) is 10.2 Å². The Bertz CT molecular complexity index is 463. The van der Waals surface area contributed by atoms with E-state index in [0.717, 1.165) is 24.6 Å². The van der Waals surface area contributed by atoms with Crippen LogP contribution in [0.25, 0.3) is 0 Å². The van der Waals surface area contributed by atoms with Crippen molar-refractivity contribution in [1.29, 1.82) is 0 Å². The number of hydrogen-bond donors (Lipinski definition) is 2. The molecule has 0 aromatic rings. The Kier molecular flexibility index (Phi) is 4.32. The molecule has 0 bridgehead atoms. The topological polar surface area (TPSA) is 104 Å². The van der Waals surface area contributed by atoms with Gasteiger partial charge in [-0.15, -0.1) is 11.8 Å². The summed E-state index contributed by atoms with van der Waals surface area (Å²) in [7, 11) is 0. The first-order chi connectivity index (χ1) is 9.40. The lowest BCUT2D eigenvalue weighted by Crippen LogP contribution is -2.42. The van der Waals surface area contributed by atoms with Gasteiger partial charge in [-0.25, -0.2) is 4.79 Å². The molecule has 2 rings (SSSR count). The van der Waals surface area contributed by atoms with Crippen LogP contribution in [0.3, 0.4) is 0 Å². The van der Waals surface area contributed by atoms with Crippen LogP contribution in [0.15, 0.2) is 0 Å². The lowest BCUT2D eigenvalue weighted by atomic mass is 10.3. The highest BCUT2D eigenvalue weighted by Crippen LogP contribution is 2.35. The number of aliphatic carboxylic acids is 1. The zero-order chi connectivity index (χ0) is 14.9. The van der Waals surface area contributed by atoms with E-state index in [9.17, 15) is 19.2 Å². The van der Waals surface area contributed by atoms with Crippen molar-refractivity contribution in [3.8, 4) is 0 Å². The molecule has 1 saturated carbocycles. The molecule has 0 radical (unpaired) electrons. The normalized spacial score (nSPS) is 23.9. The van der Waals surface area contributed by atoms with E-state index < -0.39 is 23.2 Å². The number of carbonyl (C=O) groups is 4. The van der Waals surface area contributed by atoms with Crippen LogP contribution < -0.4 is 5.32 Å². The first kappa shape index (κ1) is 14.8. The molecule has 0 aromatic carbocycles. The molecule has 3 amide bonds. The van der Waals surface area contributed by atoms with Crippen molar-refractivity contribution in [2.75, 3.05) is 5.75 Å². The van der Waals surface area contributed by atoms with Gasteiger partial charge in [-0.3, -0.25) is 19.3 Å². The fraction of sp³-hybridized carbons (Fsp3) is 0.667. The highest BCUT2D eigenvalue weighted by atomic mass is 32.2. The zero-order valence-electron chi connectivity index (χ0n) is 11.0. The van der Waals surface area contributed by atoms with Crippen molar-refractivity contribution in [3.63, 3.8) is 0 Å². The van der Waals surface area contributed by atoms with E-state index in [4.69, 9.17) is 5.11 Å². The number of carboxylic acids is 1. The summed E-state index contributed by atoms with van der Waals surface area (Å²) in [6.45, 7) is 1.24. The first-order valence-corrected chi connectivity index (χ1v) is 7.42. The molecule has 8 heteroatoms. The van der Waals surface area contributed by atoms with Gasteiger partial charge in [0.2, 0.25) is 17.7 Å². The largest absolute Gasteiger partial charge is 0.480 e. The standard InChI is InChI=1S/C12H16N2O5S/c1-6(15)13-8(12(18)19)5-20-9-4-10(16)14(11(9)17)7-2-3-7/h7-9H,2-5H2,1H3,(H,13,15)(H,18,19)/t8-,9?/m0/s1. The molecule has 2 atom stereocenters. The SMILES string of the molecule is CC(=O)N[C@@H](CSC1CC(=O)N(C2CC2)C1=O)C(=O)O. The van der Waals surface area contributed by atoms with Gasteiger partial charge in [0.05, 0.1) is 5.25 Å². The zero-order valence-corrected chi connectivity index (χ0v) is 11.8. The third-order valence-electron chi connectivity index (χ3n) is 3.19. The average Bonchev–Trinajstić information content (AvgIpc) is 3.12. The summed E-state index contributed by atoms with van der Waals surface area (Å²) in [6.07, 6.45) is 1.84. The van der Waals surface area contributed by atoms with Crippen LogP contribution in [0.1, 0.15) is 26.2 Å². The van der Waals surface area contributed by atoms with Gasteiger partial charge in [0.25, 0.3) is 0 Å². The van der Waals surface area contributed by atoms with Crippen LogP contribution in [0.2, 0.25) is 0 Å². The number of nitrogens with one attached hydrogen (secondary N) is 1. The van der Waals surface area contributed by atoms with E-state index in [1.165, 1.54) is 11.8 Å². The Morgan fingerprint density at radius 3 is 2.60 bits per heavy atom. The number of carboxylic acid groups (broad SMARTS) is 1. The van der Waals surface area contributed by atoms with Crippen molar-refractivity contribution in [3.05, 3.63) is 0 Å². The van der Waals surface area contributed by atoms with E-state index >= 15 is 0 Å². The highest BCUT2D eigenvalue weighted by Gasteiger charge is 2.46. The molecule has 20 heavy (non-hydrogen) atoms. The predicted octanol–water partition coefficient (Wildman–Crippen LogP) is -0.401. The van der Waals surface area contributed by atoms with Crippen LogP contribution in [-0.2, 0) is 19.2 Å². The maximum atomic E-state index is 12.1. The minimum atomic E-state index is -1.15. The molecule has 110 valence electrons. The Hall–Kier alpha value is -1.57. The molecule has 2 fully saturated rings. The number of rotatable bonds is 6. The number of carbonyl (C=O) groups excluding carboxylic acids is 3. The number of amides is 3. The molecule has 1 aliphatic heterocycles. The molecular formula is C12H16N2O5S. The first-order valence-electron chi connectivity index (χ1n) is 6.37. The average molecular weight is 300 g/mol. The molecular weight excluding hydrogens is 284 g/mol. The van der Waals surface area contributed by atoms with Gasteiger partial charge in [-0.1, -0.05) is 0 Å². The van der Waals surface area contributed by atoms with E-state index in [2.05, 4.69) is 5.32 Å². The summed E-state index contributed by atoms with van der Waals surface area (Å²) >= 11 is 1.12. The smallest absolute Gasteiger partial charge is 0.327 e. The summed E-state index contributed by atoms with van der Waals surface area (Å²) in [6, 6.07) is -0.999. The van der Waals surface area contributed by atoms with E-state index in [1.807, 2.05) is 0 Å². The fourth-order valence-electron chi connectivity index (χ4n) is 2.10. The summed E-state index contributed by atoms with van der Waals surface area (Å²) in [4.78, 5) is 47.0. The predicted molar refractivity (Wildman–Crippen MR) is 71.0 cm³/mol. The van der Waals surface area contributed by atoms with Gasteiger partial charge >= 0.3 is 5.97 Å². The summed E-state index contributed by atoms with van der Waals surface area (Å²) in [5.74, 6) is -1.93. The molecule has 0 spiro atoms. The monoisotopic (exact) mass is 300 g/mol. The van der Waals surface area contributed by atoms with Gasteiger partial charge in [-0.05, 0) is 12.8 Å². The minimum absolute atomic E-state index is 0.0474. The molecule has 1 unspecified atom stereocenters. The maximum Gasteiger partial charge on any atom is 0.327 e. The lowest BCUT2D eigenvalue weighted by molar-refractivity contribution is -0.141. The Balaban J connectivity index is 1.90. The van der Waals surface area contributed by atoms with Gasteiger partial charge in [0, 0.05) is 25.1 Å². The molecule has 1 heterocycles. The van der Waals surface area contributed by atoms with Gasteiger partial charge in [0.1, 0.15) is 6.04 Å². The second-order valence-corrected chi connectivity index (χ2v) is 6.19. The van der Waals surface area contributed by atoms with Crippen LogP contribution in [0.5, 0.6) is 0 Å². The van der Waals surface area contributed by atoms with Crippen molar-refractivity contribution in [2.24, 2.45) is 0 Å². The Labute approximate surface area is 120 Å². The quantitative estimate of drug-likeness (QED) is 0.647. The van der Waals surface area contributed by atoms with Crippen LogP contribution >= 0.6 is 11.8 Å². The van der Waals surface area contributed by atoms with Crippen LogP contribution in [0, 0.1) is 0 Å². The maximum absolute atomic E-state index is 12.1. The van der Waals surface area contributed by atoms with Gasteiger partial charge in [-0.2, -0.15) is 0 Å². The summed E-state index contributed by atoms with van der Waals surface area (Å²) < 4.78 is 0. The van der Waals surface area contributed by atoms with Crippen LogP contribution in [0.4, 0.5) is 0 Å². The molecule has 0 aromatic heterocycles. The third-order valence-corrected chi connectivity index (χ3v) is 4.49. The van der Waals surface area contributed by atoms with E-state index in [0.29, 0.717) is 0 Å².